The molecule has 0 spiro atoms. The highest BCUT2D eigenvalue weighted by atomic mass is 32.1. The van der Waals surface area contributed by atoms with Gasteiger partial charge in [-0.2, -0.15) is 5.26 Å². The summed E-state index contributed by atoms with van der Waals surface area (Å²) in [5.41, 5.74) is 2.87. The number of aromatic nitrogens is 1. The maximum Gasteiger partial charge on any atom is 0.343 e. The van der Waals surface area contributed by atoms with Crippen LogP contribution in [0.5, 0.6) is 17.2 Å². The fourth-order valence-electron chi connectivity index (χ4n) is 5.15. The van der Waals surface area contributed by atoms with E-state index in [0.717, 1.165) is 11.1 Å². The number of ether oxygens (including phenoxy) is 5. The molecule has 1 aliphatic rings. The molecule has 0 bridgehead atoms. The van der Waals surface area contributed by atoms with Gasteiger partial charge in [0.15, 0.2) is 22.9 Å². The van der Waals surface area contributed by atoms with Crippen molar-refractivity contribution in [3.8, 4) is 23.3 Å². The van der Waals surface area contributed by atoms with E-state index in [4.69, 9.17) is 18.9 Å². The predicted octanol–water partition coefficient (Wildman–Crippen LogP) is 4.20. The normalized spacial score (nSPS) is 14.0. The Morgan fingerprint density at radius 2 is 1.81 bits per heavy atom. The van der Waals surface area contributed by atoms with Gasteiger partial charge in [0.1, 0.15) is 12.4 Å². The third-order valence-electron chi connectivity index (χ3n) is 7.36. The molecule has 0 N–H and O–H groups in total. The van der Waals surface area contributed by atoms with E-state index in [2.05, 4.69) is 15.8 Å². The molecule has 0 aliphatic carbocycles. The summed E-state index contributed by atoms with van der Waals surface area (Å²) >= 11 is 1.20. The van der Waals surface area contributed by atoms with Gasteiger partial charge in [0.25, 0.3) is 5.56 Å². The number of rotatable bonds is 12. The largest absolute Gasteiger partial charge is 0.490 e. The average molecular weight is 668 g/mol. The van der Waals surface area contributed by atoms with Crippen molar-refractivity contribution in [2.75, 3.05) is 26.9 Å². The quantitative estimate of drug-likeness (QED) is 0.204. The Balaban J connectivity index is 1.56. The third-order valence-corrected chi connectivity index (χ3v) is 8.34. The Hall–Kier alpha value is -5.67. The molecule has 0 unspecified atom stereocenters. The van der Waals surface area contributed by atoms with Crippen LogP contribution in [-0.4, -0.2) is 43.4 Å². The van der Waals surface area contributed by atoms with E-state index in [1.807, 2.05) is 24.3 Å². The zero-order valence-corrected chi connectivity index (χ0v) is 27.7. The number of hydrogen-bond acceptors (Lipinski definition) is 11. The second-order valence-corrected chi connectivity index (χ2v) is 11.4. The van der Waals surface area contributed by atoms with Gasteiger partial charge in [-0.15, -0.1) is 0 Å². The zero-order valence-electron chi connectivity index (χ0n) is 26.8. The number of thiazole rings is 1. The molecular weight excluding hydrogens is 634 g/mol. The average Bonchev–Trinajstić information content (AvgIpc) is 3.39. The summed E-state index contributed by atoms with van der Waals surface area (Å²) in [7, 11) is 1.27. The zero-order chi connectivity index (χ0) is 34.2. The minimum atomic E-state index is -0.883. The second kappa shape index (κ2) is 15.3. The van der Waals surface area contributed by atoms with Crippen molar-refractivity contribution in [2.24, 2.45) is 4.99 Å². The van der Waals surface area contributed by atoms with Crippen LogP contribution >= 0.6 is 11.3 Å². The highest BCUT2D eigenvalue weighted by Gasteiger charge is 2.34. The number of benzene rings is 3. The molecule has 1 aromatic heterocycles. The number of carbonyl (C=O) groups is 2. The van der Waals surface area contributed by atoms with Crippen LogP contribution in [-0.2, 0) is 25.7 Å². The van der Waals surface area contributed by atoms with Crippen molar-refractivity contribution < 1.29 is 33.3 Å². The molecule has 1 aliphatic heterocycles. The molecule has 1 atom stereocenters. The van der Waals surface area contributed by atoms with Crippen LogP contribution < -0.4 is 29.1 Å². The lowest BCUT2D eigenvalue weighted by Gasteiger charge is -2.25. The molecule has 11 nitrogen and oxygen atoms in total. The van der Waals surface area contributed by atoms with Gasteiger partial charge in [0.2, 0.25) is 0 Å². The highest BCUT2D eigenvalue weighted by molar-refractivity contribution is 7.07. The SMILES string of the molecule is CCOC(=O)C1=C(C)N=c2s/c(=C/c3cccc(OCc4ccccc4C#N)c3)c(=O)n2[C@H]1c1ccc(OCC(=O)OC)c(OCC)c1. The number of allylic oxidation sites excluding steroid dienone is 1. The van der Waals surface area contributed by atoms with E-state index in [1.165, 1.54) is 23.0 Å². The van der Waals surface area contributed by atoms with Crippen LogP contribution in [0.25, 0.3) is 6.08 Å². The molecule has 246 valence electrons. The maximum atomic E-state index is 14.1. The summed E-state index contributed by atoms with van der Waals surface area (Å²) in [6.07, 6.45) is 1.75. The van der Waals surface area contributed by atoms with Gasteiger partial charge in [0, 0.05) is 5.56 Å². The van der Waals surface area contributed by atoms with Gasteiger partial charge in [-0.3, -0.25) is 9.36 Å². The minimum absolute atomic E-state index is 0.137. The summed E-state index contributed by atoms with van der Waals surface area (Å²) < 4.78 is 29.4. The fraction of sp³-hybridized carbons (Fsp3) is 0.250. The van der Waals surface area contributed by atoms with Crippen molar-refractivity contribution >= 4 is 29.4 Å². The van der Waals surface area contributed by atoms with Gasteiger partial charge in [-0.05, 0) is 68.3 Å². The number of fused-ring (bicyclic) bond motifs is 1. The van der Waals surface area contributed by atoms with Crippen LogP contribution in [0.15, 0.2) is 87.8 Å². The Morgan fingerprint density at radius 1 is 1.00 bits per heavy atom. The van der Waals surface area contributed by atoms with E-state index in [-0.39, 0.29) is 31.0 Å². The van der Waals surface area contributed by atoms with Gasteiger partial charge in [-0.1, -0.05) is 47.7 Å². The van der Waals surface area contributed by atoms with Gasteiger partial charge >= 0.3 is 11.9 Å². The number of nitrogens with zero attached hydrogens (tertiary/aromatic N) is 3. The molecule has 3 aromatic carbocycles. The monoisotopic (exact) mass is 667 g/mol. The van der Waals surface area contributed by atoms with Crippen molar-refractivity contribution in [2.45, 2.75) is 33.4 Å². The molecule has 0 saturated carbocycles. The first-order chi connectivity index (χ1) is 23.3. The van der Waals surface area contributed by atoms with Crippen molar-refractivity contribution in [1.29, 1.82) is 5.26 Å². The first-order valence-corrected chi connectivity index (χ1v) is 16.0. The van der Waals surface area contributed by atoms with E-state index >= 15 is 0 Å². The summed E-state index contributed by atoms with van der Waals surface area (Å²) in [5, 5.41) is 9.39. The number of esters is 2. The Morgan fingerprint density at radius 3 is 2.56 bits per heavy atom. The Bertz CT molecular complexity index is 2110. The van der Waals surface area contributed by atoms with Crippen molar-refractivity contribution in [1.82, 2.24) is 4.57 Å². The van der Waals surface area contributed by atoms with E-state index in [0.29, 0.717) is 50.0 Å². The minimum Gasteiger partial charge on any atom is -0.490 e. The van der Waals surface area contributed by atoms with Crippen molar-refractivity contribution in [3.05, 3.63) is 120 Å². The van der Waals surface area contributed by atoms with Crippen LogP contribution in [0.1, 0.15) is 49.1 Å². The second-order valence-electron chi connectivity index (χ2n) is 10.4. The van der Waals surface area contributed by atoms with Crippen molar-refractivity contribution in [3.63, 3.8) is 0 Å². The molecule has 12 heteroatoms. The van der Waals surface area contributed by atoms with Gasteiger partial charge in [0.05, 0.1) is 53.8 Å². The first kappa shape index (κ1) is 33.7. The molecule has 2 heterocycles. The van der Waals surface area contributed by atoms with Crippen LogP contribution in [0, 0.1) is 11.3 Å². The highest BCUT2D eigenvalue weighted by Crippen LogP contribution is 2.36. The van der Waals surface area contributed by atoms with E-state index in [1.54, 1.807) is 69.3 Å². The summed E-state index contributed by atoms with van der Waals surface area (Å²) in [6, 6.07) is 20.8. The molecule has 0 saturated heterocycles. The molecule has 0 fully saturated rings. The smallest absolute Gasteiger partial charge is 0.343 e. The topological polar surface area (TPSA) is 138 Å². The number of methoxy groups -OCH3 is 1. The van der Waals surface area contributed by atoms with E-state index in [9.17, 15) is 19.6 Å². The van der Waals surface area contributed by atoms with Crippen LogP contribution in [0.4, 0.5) is 0 Å². The first-order valence-electron chi connectivity index (χ1n) is 15.1. The Labute approximate surface area is 280 Å². The lowest BCUT2D eigenvalue weighted by atomic mass is 9.95. The van der Waals surface area contributed by atoms with Crippen LogP contribution in [0.3, 0.4) is 0 Å². The Kier molecular flexibility index (Phi) is 10.7. The molecular formula is C36H33N3O8S. The van der Waals surface area contributed by atoms with Gasteiger partial charge in [-0.25, -0.2) is 14.6 Å². The molecule has 5 rings (SSSR count). The summed E-state index contributed by atoms with van der Waals surface area (Å²) in [5.74, 6) is 0.0479. The summed E-state index contributed by atoms with van der Waals surface area (Å²) in [4.78, 5) is 44.2. The van der Waals surface area contributed by atoms with E-state index < -0.39 is 18.0 Å². The number of hydrogen-bond donors (Lipinski definition) is 0. The van der Waals surface area contributed by atoms with Gasteiger partial charge < -0.3 is 23.7 Å². The molecule has 48 heavy (non-hydrogen) atoms. The lowest BCUT2D eigenvalue weighted by Crippen LogP contribution is -2.40. The third kappa shape index (κ3) is 7.32. The molecule has 4 aromatic rings. The summed E-state index contributed by atoms with van der Waals surface area (Å²) in [6.45, 7) is 5.54. The number of nitriles is 1. The molecule has 0 radical (unpaired) electrons. The fourth-order valence-corrected chi connectivity index (χ4v) is 6.19. The predicted molar refractivity (Wildman–Crippen MR) is 177 cm³/mol. The lowest BCUT2D eigenvalue weighted by molar-refractivity contribution is -0.143. The number of carbonyl (C=O) groups excluding carboxylic acids is 2. The van der Waals surface area contributed by atoms with Crippen LogP contribution in [0.2, 0.25) is 0 Å². The standard InChI is InChI=1S/C36H33N3O8S/c1-5-44-29-18-24(14-15-28(29)47-21-31(40)43-4)33-32(35(42)45-6-2)22(3)38-36-39(33)34(41)30(48-36)17-23-10-9-13-27(16-23)46-20-26-12-8-7-11-25(26)19-37/h7-18,33H,5-6,20-21H2,1-4H3/b30-17+/t33-/m0/s1. The maximum absolute atomic E-state index is 14.1. The molecule has 0 amide bonds.